The molecule has 0 spiro atoms. The van der Waals surface area contributed by atoms with Gasteiger partial charge in [-0.25, -0.2) is 4.79 Å². The summed E-state index contributed by atoms with van der Waals surface area (Å²) in [5.41, 5.74) is 3.91. The molecule has 0 aliphatic heterocycles. The van der Waals surface area contributed by atoms with Gasteiger partial charge >= 0.3 is 6.09 Å². The number of ether oxygens (including phenoxy) is 1. The number of amides is 1. The van der Waals surface area contributed by atoms with Crippen molar-refractivity contribution in [2.75, 3.05) is 6.54 Å². The van der Waals surface area contributed by atoms with Crippen molar-refractivity contribution in [2.45, 2.75) is 20.1 Å². The minimum atomic E-state index is -0.446. The van der Waals surface area contributed by atoms with Gasteiger partial charge in [-0.2, -0.15) is 0 Å². The third-order valence-electron chi connectivity index (χ3n) is 3.43. The van der Waals surface area contributed by atoms with Gasteiger partial charge in [-0.05, 0) is 35.2 Å². The van der Waals surface area contributed by atoms with Gasteiger partial charge in [0, 0.05) is 6.54 Å². The molecule has 4 heteroatoms. The Balaban J connectivity index is 1.74. The van der Waals surface area contributed by atoms with E-state index in [9.17, 15) is 9.90 Å². The predicted molar refractivity (Wildman–Crippen MR) is 90.8 cm³/mol. The van der Waals surface area contributed by atoms with Gasteiger partial charge in [-0.3, -0.25) is 0 Å². The summed E-state index contributed by atoms with van der Waals surface area (Å²) in [6.45, 7) is 2.63. The van der Waals surface area contributed by atoms with E-state index < -0.39 is 6.09 Å². The van der Waals surface area contributed by atoms with Crippen LogP contribution in [0.1, 0.15) is 22.3 Å². The molecular weight excluding hydrogens is 290 g/mol. The fraction of sp³-hybridized carbons (Fsp3) is 0.211. The molecule has 0 saturated carbocycles. The number of carbonyl (C=O) groups is 1. The fourth-order valence-corrected chi connectivity index (χ4v) is 2.08. The molecule has 1 amide bonds. The van der Waals surface area contributed by atoms with E-state index in [1.807, 2.05) is 67.6 Å². The number of benzene rings is 2. The second-order valence-electron chi connectivity index (χ2n) is 5.19. The number of carbonyl (C=O) groups excluding carboxylic acids is 1. The van der Waals surface area contributed by atoms with E-state index in [2.05, 4.69) is 5.32 Å². The molecule has 4 nitrogen and oxygen atoms in total. The lowest BCUT2D eigenvalue weighted by Gasteiger charge is -2.05. The third-order valence-corrected chi connectivity index (χ3v) is 3.43. The number of alkyl carbamates (subject to hydrolysis) is 1. The second-order valence-corrected chi connectivity index (χ2v) is 5.19. The SMILES string of the molecule is Cc1ccc(C=CCNC(=O)OCc2ccccc2)cc1CO. The van der Waals surface area contributed by atoms with Crippen molar-refractivity contribution in [3.8, 4) is 0 Å². The predicted octanol–water partition coefficient (Wildman–Crippen LogP) is 3.43. The minimum absolute atomic E-state index is 0.0254. The van der Waals surface area contributed by atoms with E-state index in [4.69, 9.17) is 4.74 Å². The van der Waals surface area contributed by atoms with Gasteiger partial charge in [0.25, 0.3) is 0 Å². The van der Waals surface area contributed by atoms with Crippen molar-refractivity contribution in [1.82, 2.24) is 5.32 Å². The molecule has 0 aliphatic carbocycles. The van der Waals surface area contributed by atoms with Crippen molar-refractivity contribution < 1.29 is 14.6 Å². The van der Waals surface area contributed by atoms with Crippen molar-refractivity contribution in [3.63, 3.8) is 0 Å². The zero-order chi connectivity index (χ0) is 16.5. The Hall–Kier alpha value is -2.59. The largest absolute Gasteiger partial charge is 0.445 e. The van der Waals surface area contributed by atoms with Crippen LogP contribution in [0.15, 0.2) is 54.6 Å². The van der Waals surface area contributed by atoms with Crippen LogP contribution < -0.4 is 5.32 Å². The number of aliphatic hydroxyl groups is 1. The van der Waals surface area contributed by atoms with E-state index in [0.29, 0.717) is 6.54 Å². The minimum Gasteiger partial charge on any atom is -0.445 e. The fourth-order valence-electron chi connectivity index (χ4n) is 2.08. The second kappa shape index (κ2) is 8.76. The quantitative estimate of drug-likeness (QED) is 0.859. The summed E-state index contributed by atoms with van der Waals surface area (Å²) in [5, 5.41) is 11.9. The highest BCUT2D eigenvalue weighted by atomic mass is 16.5. The first-order valence-corrected chi connectivity index (χ1v) is 7.50. The lowest BCUT2D eigenvalue weighted by molar-refractivity contribution is 0.141. The summed E-state index contributed by atoms with van der Waals surface area (Å²) in [7, 11) is 0. The Morgan fingerprint density at radius 2 is 2.00 bits per heavy atom. The molecule has 2 aromatic rings. The molecular formula is C19H21NO3. The zero-order valence-electron chi connectivity index (χ0n) is 13.2. The molecule has 0 unspecified atom stereocenters. The number of hydrogen-bond acceptors (Lipinski definition) is 3. The van der Waals surface area contributed by atoms with Crippen LogP contribution in [0.3, 0.4) is 0 Å². The Labute approximate surface area is 136 Å². The van der Waals surface area contributed by atoms with Gasteiger partial charge in [0.2, 0.25) is 0 Å². The zero-order valence-corrected chi connectivity index (χ0v) is 13.2. The summed E-state index contributed by atoms with van der Waals surface area (Å²) in [6, 6.07) is 15.4. The molecule has 0 aliphatic rings. The lowest BCUT2D eigenvalue weighted by atomic mass is 10.1. The number of aryl methyl sites for hydroxylation is 1. The van der Waals surface area contributed by atoms with Crippen LogP contribution in [0.5, 0.6) is 0 Å². The summed E-state index contributed by atoms with van der Waals surface area (Å²) < 4.78 is 5.12. The highest BCUT2D eigenvalue weighted by molar-refractivity contribution is 5.67. The lowest BCUT2D eigenvalue weighted by Crippen LogP contribution is -2.24. The average Bonchev–Trinajstić information content (AvgIpc) is 2.59. The van der Waals surface area contributed by atoms with Gasteiger partial charge < -0.3 is 15.2 Å². The number of nitrogens with one attached hydrogen (secondary N) is 1. The first-order valence-electron chi connectivity index (χ1n) is 7.50. The van der Waals surface area contributed by atoms with Crippen LogP contribution in [0, 0.1) is 6.92 Å². The molecule has 23 heavy (non-hydrogen) atoms. The Morgan fingerprint density at radius 1 is 1.22 bits per heavy atom. The van der Waals surface area contributed by atoms with Crippen LogP contribution in [-0.2, 0) is 18.0 Å². The Kier molecular flexibility index (Phi) is 6.39. The number of aliphatic hydroxyl groups excluding tert-OH is 1. The first-order chi connectivity index (χ1) is 11.2. The summed E-state index contributed by atoms with van der Waals surface area (Å²) in [5.74, 6) is 0. The van der Waals surface area contributed by atoms with Crippen molar-refractivity contribution in [3.05, 3.63) is 76.9 Å². The van der Waals surface area contributed by atoms with Crippen LogP contribution in [0.2, 0.25) is 0 Å². The highest BCUT2D eigenvalue weighted by Gasteiger charge is 2.00. The van der Waals surface area contributed by atoms with Gasteiger partial charge in [-0.1, -0.05) is 54.6 Å². The maximum Gasteiger partial charge on any atom is 0.407 e. The van der Waals surface area contributed by atoms with Crippen LogP contribution in [-0.4, -0.2) is 17.7 Å². The van der Waals surface area contributed by atoms with Crippen molar-refractivity contribution in [1.29, 1.82) is 0 Å². The van der Waals surface area contributed by atoms with Gasteiger partial charge in [0.1, 0.15) is 6.61 Å². The molecule has 0 bridgehead atoms. The van der Waals surface area contributed by atoms with Crippen LogP contribution in [0.4, 0.5) is 4.79 Å². The molecule has 2 N–H and O–H groups in total. The van der Waals surface area contributed by atoms with Crippen LogP contribution >= 0.6 is 0 Å². The van der Waals surface area contributed by atoms with Gasteiger partial charge in [-0.15, -0.1) is 0 Å². The van der Waals surface area contributed by atoms with E-state index >= 15 is 0 Å². The van der Waals surface area contributed by atoms with E-state index in [1.54, 1.807) is 0 Å². The number of rotatable bonds is 6. The molecule has 120 valence electrons. The van der Waals surface area contributed by atoms with Crippen LogP contribution in [0.25, 0.3) is 6.08 Å². The topological polar surface area (TPSA) is 58.6 Å². The molecule has 2 aromatic carbocycles. The highest BCUT2D eigenvalue weighted by Crippen LogP contribution is 2.12. The van der Waals surface area contributed by atoms with Gasteiger partial charge in [0.05, 0.1) is 6.61 Å². The first kappa shape index (κ1) is 16.8. The van der Waals surface area contributed by atoms with E-state index in [-0.39, 0.29) is 13.2 Å². The summed E-state index contributed by atoms with van der Waals surface area (Å²) >= 11 is 0. The molecule has 0 heterocycles. The maximum absolute atomic E-state index is 11.6. The van der Waals surface area contributed by atoms with Crippen molar-refractivity contribution in [2.24, 2.45) is 0 Å². The summed E-state index contributed by atoms with van der Waals surface area (Å²) in [6.07, 6.45) is 3.30. The molecule has 0 atom stereocenters. The van der Waals surface area contributed by atoms with Gasteiger partial charge in [0.15, 0.2) is 0 Å². The smallest absolute Gasteiger partial charge is 0.407 e. The molecule has 0 fully saturated rings. The molecule has 0 saturated heterocycles. The van der Waals surface area contributed by atoms with E-state index in [1.165, 1.54) is 0 Å². The van der Waals surface area contributed by atoms with Crippen molar-refractivity contribution >= 4 is 12.2 Å². The molecule has 0 aromatic heterocycles. The average molecular weight is 311 g/mol. The maximum atomic E-state index is 11.6. The monoisotopic (exact) mass is 311 g/mol. The standard InChI is InChI=1S/C19H21NO3/c1-15-9-10-16(12-18(15)13-21)8-5-11-20-19(22)23-14-17-6-3-2-4-7-17/h2-10,12,21H,11,13-14H2,1H3,(H,20,22). The third kappa shape index (κ3) is 5.60. The molecule has 0 radical (unpaired) electrons. The number of hydrogen-bond donors (Lipinski definition) is 2. The molecule has 2 rings (SSSR count). The Bertz CT molecular complexity index is 666. The Morgan fingerprint density at radius 3 is 2.74 bits per heavy atom. The normalized spacial score (nSPS) is 10.7. The summed E-state index contributed by atoms with van der Waals surface area (Å²) in [4.78, 5) is 11.6. The van der Waals surface area contributed by atoms with E-state index in [0.717, 1.165) is 22.3 Å².